The van der Waals surface area contributed by atoms with Gasteiger partial charge in [0, 0.05) is 0 Å². The van der Waals surface area contributed by atoms with E-state index in [1.807, 2.05) is 0 Å². The molecule has 0 radical (unpaired) electrons. The molecule has 0 aromatic carbocycles. The van der Waals surface area contributed by atoms with Crippen molar-refractivity contribution in [3.8, 4) is 0 Å². The summed E-state index contributed by atoms with van der Waals surface area (Å²) in [5.41, 5.74) is 0. The van der Waals surface area contributed by atoms with Gasteiger partial charge in [-0.1, -0.05) is 87.0 Å². The van der Waals surface area contributed by atoms with Crippen molar-refractivity contribution in [3.63, 3.8) is 0 Å². The minimum Gasteiger partial charge on any atom is -0.0654 e. The molecule has 128 valence electrons. The summed E-state index contributed by atoms with van der Waals surface area (Å²) >= 11 is 0. The molecule has 0 bridgehead atoms. The van der Waals surface area contributed by atoms with Gasteiger partial charge in [-0.15, -0.1) is 0 Å². The molecule has 0 N–H and O–H groups in total. The van der Waals surface area contributed by atoms with Crippen LogP contribution in [-0.4, -0.2) is 0 Å². The standard InChI is InChI=1S/C21H44/c1-8-10-11-20(16-19(7)9-2)13-15-21(18(5)6)14-12-17(3)4/h17-21H,8-16H2,1-7H3. The Hall–Kier alpha value is 0. The van der Waals surface area contributed by atoms with E-state index in [0.717, 1.165) is 29.6 Å². The van der Waals surface area contributed by atoms with Gasteiger partial charge in [0.1, 0.15) is 0 Å². The Morgan fingerprint density at radius 3 is 1.81 bits per heavy atom. The van der Waals surface area contributed by atoms with E-state index in [0.29, 0.717) is 0 Å². The fourth-order valence-corrected chi connectivity index (χ4v) is 3.42. The zero-order chi connectivity index (χ0) is 16.3. The normalized spacial score (nSPS) is 16.4. The SMILES string of the molecule is CCCCC(CCC(CCC(C)C)C(C)C)CC(C)CC. The molecule has 3 atom stereocenters. The fraction of sp³-hybridized carbons (Fsp3) is 1.00. The van der Waals surface area contributed by atoms with Crippen LogP contribution >= 0.6 is 0 Å². The highest BCUT2D eigenvalue weighted by molar-refractivity contribution is 4.70. The van der Waals surface area contributed by atoms with Crippen molar-refractivity contribution in [2.24, 2.45) is 29.6 Å². The summed E-state index contributed by atoms with van der Waals surface area (Å²) < 4.78 is 0. The second-order valence-electron chi connectivity index (χ2n) is 8.31. The van der Waals surface area contributed by atoms with Gasteiger partial charge in [0.2, 0.25) is 0 Å². The van der Waals surface area contributed by atoms with Crippen LogP contribution < -0.4 is 0 Å². The van der Waals surface area contributed by atoms with Gasteiger partial charge in [-0.25, -0.2) is 0 Å². The molecule has 0 amide bonds. The molecule has 0 aromatic rings. The lowest BCUT2D eigenvalue weighted by atomic mass is 9.80. The third kappa shape index (κ3) is 11.2. The van der Waals surface area contributed by atoms with Gasteiger partial charge in [0.25, 0.3) is 0 Å². The van der Waals surface area contributed by atoms with Crippen molar-refractivity contribution in [1.29, 1.82) is 0 Å². The van der Waals surface area contributed by atoms with E-state index < -0.39 is 0 Å². The monoisotopic (exact) mass is 296 g/mol. The zero-order valence-corrected chi connectivity index (χ0v) is 16.3. The van der Waals surface area contributed by atoms with Crippen LogP contribution in [0.5, 0.6) is 0 Å². The first-order valence-corrected chi connectivity index (χ1v) is 9.90. The van der Waals surface area contributed by atoms with Crippen LogP contribution in [0.4, 0.5) is 0 Å². The van der Waals surface area contributed by atoms with Gasteiger partial charge in [0.05, 0.1) is 0 Å². The van der Waals surface area contributed by atoms with Crippen molar-refractivity contribution >= 4 is 0 Å². The van der Waals surface area contributed by atoms with Gasteiger partial charge >= 0.3 is 0 Å². The van der Waals surface area contributed by atoms with Crippen LogP contribution in [0.25, 0.3) is 0 Å². The molecule has 0 fully saturated rings. The van der Waals surface area contributed by atoms with Crippen molar-refractivity contribution < 1.29 is 0 Å². The molecule has 0 aliphatic carbocycles. The highest BCUT2D eigenvalue weighted by Crippen LogP contribution is 2.31. The number of hydrogen-bond donors (Lipinski definition) is 0. The fourth-order valence-electron chi connectivity index (χ4n) is 3.42. The smallest absolute Gasteiger partial charge is 0.0391 e. The van der Waals surface area contributed by atoms with Crippen molar-refractivity contribution in [2.45, 2.75) is 106 Å². The summed E-state index contributed by atoms with van der Waals surface area (Å²) in [6.45, 7) is 16.7. The minimum absolute atomic E-state index is 0.860. The maximum absolute atomic E-state index is 2.44. The molecule has 0 saturated heterocycles. The van der Waals surface area contributed by atoms with E-state index in [9.17, 15) is 0 Å². The van der Waals surface area contributed by atoms with E-state index >= 15 is 0 Å². The Balaban J connectivity index is 4.30. The Labute approximate surface area is 136 Å². The molecule has 0 aromatic heterocycles. The Morgan fingerprint density at radius 2 is 1.33 bits per heavy atom. The lowest BCUT2D eigenvalue weighted by Crippen LogP contribution is -2.14. The molecule has 0 heteroatoms. The predicted octanol–water partition coefficient (Wildman–Crippen LogP) is 7.72. The largest absolute Gasteiger partial charge is 0.0654 e. The van der Waals surface area contributed by atoms with Crippen LogP contribution in [0.3, 0.4) is 0 Å². The number of hydrogen-bond acceptors (Lipinski definition) is 0. The molecular formula is C21H44. The molecule has 0 heterocycles. The van der Waals surface area contributed by atoms with Gasteiger partial charge < -0.3 is 0 Å². The summed E-state index contributed by atoms with van der Waals surface area (Å²) in [6.07, 6.45) is 12.9. The molecule has 0 spiro atoms. The van der Waals surface area contributed by atoms with Crippen LogP contribution in [0.15, 0.2) is 0 Å². The molecule has 0 rings (SSSR count). The average molecular weight is 297 g/mol. The van der Waals surface area contributed by atoms with E-state index in [1.54, 1.807) is 0 Å². The average Bonchev–Trinajstić information content (AvgIpc) is 2.43. The van der Waals surface area contributed by atoms with Gasteiger partial charge in [-0.3, -0.25) is 0 Å². The quantitative estimate of drug-likeness (QED) is 0.326. The molecule has 0 aliphatic heterocycles. The number of rotatable bonds is 13. The molecule has 3 unspecified atom stereocenters. The first kappa shape index (κ1) is 21.0. The Kier molecular flexibility index (Phi) is 12.5. The van der Waals surface area contributed by atoms with Crippen LogP contribution in [-0.2, 0) is 0 Å². The summed E-state index contributed by atoms with van der Waals surface area (Å²) in [6, 6.07) is 0. The maximum atomic E-state index is 2.44. The Morgan fingerprint density at radius 1 is 0.714 bits per heavy atom. The molecular weight excluding hydrogens is 252 g/mol. The maximum Gasteiger partial charge on any atom is -0.0391 e. The summed E-state index contributed by atoms with van der Waals surface area (Å²) in [4.78, 5) is 0. The van der Waals surface area contributed by atoms with E-state index in [1.165, 1.54) is 57.8 Å². The van der Waals surface area contributed by atoms with Crippen molar-refractivity contribution in [2.75, 3.05) is 0 Å². The first-order chi connectivity index (χ1) is 9.90. The zero-order valence-electron chi connectivity index (χ0n) is 16.3. The Bertz CT molecular complexity index is 216. The molecule has 0 nitrogen and oxygen atoms in total. The van der Waals surface area contributed by atoms with E-state index in [2.05, 4.69) is 48.5 Å². The van der Waals surface area contributed by atoms with E-state index in [4.69, 9.17) is 0 Å². The second kappa shape index (κ2) is 12.5. The topological polar surface area (TPSA) is 0 Å². The van der Waals surface area contributed by atoms with Crippen molar-refractivity contribution in [1.82, 2.24) is 0 Å². The second-order valence-corrected chi connectivity index (χ2v) is 8.31. The summed E-state index contributed by atoms with van der Waals surface area (Å²) in [7, 11) is 0. The van der Waals surface area contributed by atoms with Gasteiger partial charge in [0.15, 0.2) is 0 Å². The lowest BCUT2D eigenvalue weighted by Gasteiger charge is -2.26. The molecule has 0 saturated carbocycles. The predicted molar refractivity (Wildman–Crippen MR) is 98.7 cm³/mol. The third-order valence-electron chi connectivity index (χ3n) is 5.40. The number of unbranched alkanes of at least 4 members (excludes halogenated alkanes) is 1. The van der Waals surface area contributed by atoms with Gasteiger partial charge in [-0.05, 0) is 48.9 Å². The molecule has 0 aliphatic rings. The van der Waals surface area contributed by atoms with Crippen LogP contribution in [0, 0.1) is 29.6 Å². The third-order valence-corrected chi connectivity index (χ3v) is 5.40. The van der Waals surface area contributed by atoms with Crippen molar-refractivity contribution in [3.05, 3.63) is 0 Å². The lowest BCUT2D eigenvalue weighted by molar-refractivity contribution is 0.258. The highest BCUT2D eigenvalue weighted by atomic mass is 14.2. The minimum atomic E-state index is 0.860. The summed E-state index contributed by atoms with van der Waals surface area (Å²) in [5, 5.41) is 0. The van der Waals surface area contributed by atoms with E-state index in [-0.39, 0.29) is 0 Å². The first-order valence-electron chi connectivity index (χ1n) is 9.90. The van der Waals surface area contributed by atoms with Crippen LogP contribution in [0.1, 0.15) is 106 Å². The van der Waals surface area contributed by atoms with Gasteiger partial charge in [-0.2, -0.15) is 0 Å². The van der Waals surface area contributed by atoms with Crippen LogP contribution in [0.2, 0.25) is 0 Å². The highest BCUT2D eigenvalue weighted by Gasteiger charge is 2.18. The summed E-state index contributed by atoms with van der Waals surface area (Å²) in [5.74, 6) is 4.58. The molecule has 21 heavy (non-hydrogen) atoms.